The van der Waals surface area contributed by atoms with Crippen molar-refractivity contribution >= 4 is 38.7 Å². The van der Waals surface area contributed by atoms with Crippen LogP contribution in [-0.2, 0) is 21.3 Å². The fourth-order valence-corrected chi connectivity index (χ4v) is 5.08. The minimum atomic E-state index is -3.35. The van der Waals surface area contributed by atoms with Gasteiger partial charge in [0.1, 0.15) is 5.76 Å². The SMILES string of the molecule is CCOC(=O)c1cc(-c2ccccc2)sc1-c1coc(CNc2cccc(NS(C)(=O)=O)c2)c1. The molecule has 0 aliphatic heterocycles. The summed E-state index contributed by atoms with van der Waals surface area (Å²) in [6, 6.07) is 20.6. The van der Waals surface area contributed by atoms with E-state index in [4.69, 9.17) is 9.15 Å². The van der Waals surface area contributed by atoms with Gasteiger partial charge < -0.3 is 14.5 Å². The van der Waals surface area contributed by atoms with Crippen LogP contribution in [0.2, 0.25) is 0 Å². The predicted octanol–water partition coefficient (Wildman–Crippen LogP) is 5.84. The molecule has 0 atom stereocenters. The van der Waals surface area contributed by atoms with Crippen LogP contribution in [0, 0.1) is 0 Å². The van der Waals surface area contributed by atoms with Crippen molar-refractivity contribution < 1.29 is 22.4 Å². The van der Waals surface area contributed by atoms with Gasteiger partial charge in [-0.25, -0.2) is 13.2 Å². The molecule has 34 heavy (non-hydrogen) atoms. The quantitative estimate of drug-likeness (QED) is 0.283. The van der Waals surface area contributed by atoms with E-state index in [1.807, 2.05) is 48.5 Å². The molecular formula is C25H24N2O5S2. The molecule has 176 valence electrons. The number of benzene rings is 2. The van der Waals surface area contributed by atoms with E-state index in [1.165, 1.54) is 11.3 Å². The van der Waals surface area contributed by atoms with Crippen molar-refractivity contribution in [3.05, 3.63) is 84.3 Å². The lowest BCUT2D eigenvalue weighted by atomic mass is 10.1. The van der Waals surface area contributed by atoms with E-state index in [0.717, 1.165) is 32.8 Å². The van der Waals surface area contributed by atoms with Crippen LogP contribution in [0.4, 0.5) is 11.4 Å². The molecule has 9 heteroatoms. The summed E-state index contributed by atoms with van der Waals surface area (Å²) in [6.07, 6.45) is 2.73. The second-order valence-electron chi connectivity index (χ2n) is 7.55. The van der Waals surface area contributed by atoms with E-state index < -0.39 is 10.0 Å². The monoisotopic (exact) mass is 496 g/mol. The molecule has 7 nitrogen and oxygen atoms in total. The Kier molecular flexibility index (Phi) is 7.04. The Balaban J connectivity index is 1.55. The minimum Gasteiger partial charge on any atom is -0.467 e. The first-order chi connectivity index (χ1) is 16.3. The standard InChI is InChI=1S/C25H24N2O5S2/c1-3-31-25(28)22-14-23(17-8-5-4-6-9-17)33-24(22)18-12-21(32-16-18)15-26-19-10-7-11-20(13-19)27-34(2,29)30/h4-14,16,26-27H,3,15H2,1-2H3. The molecule has 2 heterocycles. The van der Waals surface area contributed by atoms with E-state index >= 15 is 0 Å². The molecule has 2 N–H and O–H groups in total. The van der Waals surface area contributed by atoms with Crippen LogP contribution in [-0.4, -0.2) is 27.2 Å². The molecule has 0 spiro atoms. The maximum Gasteiger partial charge on any atom is 0.339 e. The highest BCUT2D eigenvalue weighted by Gasteiger charge is 2.21. The van der Waals surface area contributed by atoms with E-state index in [0.29, 0.717) is 30.2 Å². The van der Waals surface area contributed by atoms with Crippen LogP contribution in [0.1, 0.15) is 23.0 Å². The van der Waals surface area contributed by atoms with Gasteiger partial charge in [0, 0.05) is 16.1 Å². The zero-order chi connectivity index (χ0) is 24.1. The Hall–Kier alpha value is -3.56. The van der Waals surface area contributed by atoms with Gasteiger partial charge >= 0.3 is 5.97 Å². The lowest BCUT2D eigenvalue weighted by Gasteiger charge is -2.08. The third-order valence-corrected chi connectivity index (χ3v) is 6.67. The maximum atomic E-state index is 12.6. The smallest absolute Gasteiger partial charge is 0.339 e. The molecule has 0 aliphatic rings. The summed E-state index contributed by atoms with van der Waals surface area (Å²) in [5, 5.41) is 3.22. The fraction of sp³-hybridized carbons (Fsp3) is 0.160. The maximum absolute atomic E-state index is 12.6. The van der Waals surface area contributed by atoms with Crippen molar-refractivity contribution in [3.8, 4) is 20.9 Å². The zero-order valence-corrected chi connectivity index (χ0v) is 20.3. The van der Waals surface area contributed by atoms with Crippen molar-refractivity contribution in [3.63, 3.8) is 0 Å². The molecule has 0 saturated carbocycles. The van der Waals surface area contributed by atoms with Gasteiger partial charge in [-0.2, -0.15) is 0 Å². The summed E-state index contributed by atoms with van der Waals surface area (Å²) < 4.78 is 36.4. The Labute approximate surface area is 202 Å². The highest BCUT2D eigenvalue weighted by molar-refractivity contribution is 7.92. The van der Waals surface area contributed by atoms with Gasteiger partial charge in [-0.1, -0.05) is 36.4 Å². The van der Waals surface area contributed by atoms with Gasteiger partial charge in [-0.05, 0) is 42.8 Å². The van der Waals surface area contributed by atoms with Crippen LogP contribution < -0.4 is 10.0 Å². The molecule has 0 unspecified atom stereocenters. The van der Waals surface area contributed by atoms with E-state index in [9.17, 15) is 13.2 Å². The van der Waals surface area contributed by atoms with Crippen LogP contribution in [0.25, 0.3) is 20.9 Å². The number of nitrogens with one attached hydrogen (secondary N) is 2. The summed E-state index contributed by atoms with van der Waals surface area (Å²) in [5.41, 5.74) is 3.53. The normalized spacial score (nSPS) is 11.2. The fourth-order valence-electron chi connectivity index (χ4n) is 3.40. The van der Waals surface area contributed by atoms with Crippen molar-refractivity contribution in [1.82, 2.24) is 0 Å². The summed E-state index contributed by atoms with van der Waals surface area (Å²) in [7, 11) is -3.35. The number of hydrogen-bond acceptors (Lipinski definition) is 7. The summed E-state index contributed by atoms with van der Waals surface area (Å²) in [4.78, 5) is 14.4. The van der Waals surface area contributed by atoms with Crippen molar-refractivity contribution in [2.75, 3.05) is 22.9 Å². The van der Waals surface area contributed by atoms with Crippen LogP contribution in [0.5, 0.6) is 0 Å². The zero-order valence-electron chi connectivity index (χ0n) is 18.7. The first-order valence-corrected chi connectivity index (χ1v) is 13.3. The van der Waals surface area contributed by atoms with E-state index in [2.05, 4.69) is 10.0 Å². The highest BCUT2D eigenvalue weighted by atomic mass is 32.2. The summed E-state index contributed by atoms with van der Waals surface area (Å²) in [6.45, 7) is 2.46. The van der Waals surface area contributed by atoms with Gasteiger partial charge in [0.15, 0.2) is 0 Å². The number of carbonyl (C=O) groups is 1. The molecule has 0 radical (unpaired) electrons. The third kappa shape index (κ3) is 5.86. The van der Waals surface area contributed by atoms with Crippen LogP contribution >= 0.6 is 11.3 Å². The molecular weight excluding hydrogens is 472 g/mol. The Morgan fingerprint density at radius 2 is 1.76 bits per heavy atom. The average molecular weight is 497 g/mol. The number of carbonyl (C=O) groups excluding carboxylic acids is 1. The molecule has 0 saturated heterocycles. The lowest BCUT2D eigenvalue weighted by Crippen LogP contribution is -2.09. The van der Waals surface area contributed by atoms with Gasteiger partial charge in [0.2, 0.25) is 10.0 Å². The van der Waals surface area contributed by atoms with Crippen LogP contribution in [0.15, 0.2) is 77.4 Å². The molecule has 2 aromatic heterocycles. The Morgan fingerprint density at radius 1 is 1.00 bits per heavy atom. The average Bonchev–Trinajstić information content (AvgIpc) is 3.45. The molecule has 4 rings (SSSR count). The third-order valence-electron chi connectivity index (χ3n) is 4.83. The summed E-state index contributed by atoms with van der Waals surface area (Å²) in [5.74, 6) is 0.299. The van der Waals surface area contributed by atoms with Gasteiger partial charge in [0.25, 0.3) is 0 Å². The molecule has 0 fully saturated rings. The Morgan fingerprint density at radius 3 is 2.50 bits per heavy atom. The first kappa shape index (κ1) is 23.6. The van der Waals surface area contributed by atoms with Crippen molar-refractivity contribution in [1.29, 1.82) is 0 Å². The molecule has 2 aromatic carbocycles. The van der Waals surface area contributed by atoms with E-state index in [1.54, 1.807) is 31.4 Å². The van der Waals surface area contributed by atoms with Gasteiger partial charge in [-0.15, -0.1) is 11.3 Å². The van der Waals surface area contributed by atoms with E-state index in [-0.39, 0.29) is 5.97 Å². The van der Waals surface area contributed by atoms with Crippen LogP contribution in [0.3, 0.4) is 0 Å². The number of esters is 1. The number of rotatable bonds is 9. The summed E-state index contributed by atoms with van der Waals surface area (Å²) >= 11 is 1.51. The predicted molar refractivity (Wildman–Crippen MR) is 136 cm³/mol. The van der Waals surface area contributed by atoms with Gasteiger partial charge in [0.05, 0.1) is 41.8 Å². The molecule has 0 amide bonds. The lowest BCUT2D eigenvalue weighted by molar-refractivity contribution is 0.0528. The second-order valence-corrected chi connectivity index (χ2v) is 10.4. The Bertz CT molecular complexity index is 1390. The molecule has 0 bridgehead atoms. The number of hydrogen-bond donors (Lipinski definition) is 2. The molecule has 0 aliphatic carbocycles. The van der Waals surface area contributed by atoms with Gasteiger partial charge in [-0.3, -0.25) is 4.72 Å². The minimum absolute atomic E-state index is 0.294. The highest BCUT2D eigenvalue weighted by Crippen LogP contribution is 2.39. The van der Waals surface area contributed by atoms with Crippen molar-refractivity contribution in [2.45, 2.75) is 13.5 Å². The molecule has 4 aromatic rings. The largest absolute Gasteiger partial charge is 0.467 e. The number of ether oxygens (including phenoxy) is 1. The first-order valence-electron chi connectivity index (χ1n) is 10.6. The number of thiophene rings is 1. The number of sulfonamides is 1. The second kappa shape index (κ2) is 10.1. The van der Waals surface area contributed by atoms with Crippen molar-refractivity contribution in [2.24, 2.45) is 0 Å². The topological polar surface area (TPSA) is 97.6 Å². The number of anilines is 2. The number of furan rings is 1.